The summed E-state index contributed by atoms with van der Waals surface area (Å²) in [7, 11) is 0. The van der Waals surface area contributed by atoms with Gasteiger partial charge in [-0.1, -0.05) is 6.92 Å². The Morgan fingerprint density at radius 3 is 2.50 bits per heavy atom. The number of rotatable bonds is 2. The summed E-state index contributed by atoms with van der Waals surface area (Å²) in [6.07, 6.45) is 0.832. The average molecular weight is 259 g/mol. The van der Waals surface area contributed by atoms with Crippen molar-refractivity contribution < 1.29 is 13.2 Å². The molecule has 1 aromatic rings. The van der Waals surface area contributed by atoms with E-state index in [1.807, 2.05) is 0 Å². The summed E-state index contributed by atoms with van der Waals surface area (Å²) in [6, 6.07) is 1.07. The molecule has 1 aliphatic rings. The molecule has 3 nitrogen and oxygen atoms in total. The SMILES string of the molecule is CC1CCC(Nc2nccc(C(F)(F)F)n2)CC1. The molecule has 1 aliphatic carbocycles. The van der Waals surface area contributed by atoms with Gasteiger partial charge in [-0.05, 0) is 37.7 Å². The molecular weight excluding hydrogens is 243 g/mol. The van der Waals surface area contributed by atoms with Crippen LogP contribution in [-0.4, -0.2) is 16.0 Å². The van der Waals surface area contributed by atoms with Gasteiger partial charge >= 0.3 is 6.18 Å². The fourth-order valence-electron chi connectivity index (χ4n) is 2.17. The van der Waals surface area contributed by atoms with E-state index < -0.39 is 11.9 Å². The van der Waals surface area contributed by atoms with Crippen molar-refractivity contribution in [1.82, 2.24) is 9.97 Å². The van der Waals surface area contributed by atoms with Crippen molar-refractivity contribution in [3.05, 3.63) is 18.0 Å². The fraction of sp³-hybridized carbons (Fsp3) is 0.667. The van der Waals surface area contributed by atoms with Gasteiger partial charge < -0.3 is 5.32 Å². The van der Waals surface area contributed by atoms with Crippen molar-refractivity contribution in [3.63, 3.8) is 0 Å². The smallest absolute Gasteiger partial charge is 0.351 e. The molecule has 0 saturated heterocycles. The zero-order valence-corrected chi connectivity index (χ0v) is 10.2. The van der Waals surface area contributed by atoms with Crippen molar-refractivity contribution in [2.24, 2.45) is 5.92 Å². The second-order valence-corrected chi connectivity index (χ2v) is 4.86. The average Bonchev–Trinajstić information content (AvgIpc) is 2.31. The summed E-state index contributed by atoms with van der Waals surface area (Å²) in [4.78, 5) is 7.35. The molecular formula is C12H16F3N3. The van der Waals surface area contributed by atoms with Crippen LogP contribution in [0.1, 0.15) is 38.3 Å². The lowest BCUT2D eigenvalue weighted by atomic mass is 9.87. The Labute approximate surface area is 104 Å². The number of nitrogens with zero attached hydrogens (tertiary/aromatic N) is 2. The molecule has 6 heteroatoms. The Bertz CT molecular complexity index is 398. The minimum absolute atomic E-state index is 0.0735. The lowest BCUT2D eigenvalue weighted by Crippen LogP contribution is -2.26. The van der Waals surface area contributed by atoms with Gasteiger partial charge in [-0.2, -0.15) is 13.2 Å². The Kier molecular flexibility index (Phi) is 3.73. The molecule has 2 rings (SSSR count). The summed E-state index contributed by atoms with van der Waals surface area (Å²) in [5.74, 6) is 0.773. The fourth-order valence-corrected chi connectivity index (χ4v) is 2.17. The van der Waals surface area contributed by atoms with Crippen LogP contribution in [0.3, 0.4) is 0 Å². The van der Waals surface area contributed by atoms with Crippen molar-refractivity contribution in [1.29, 1.82) is 0 Å². The number of hydrogen-bond acceptors (Lipinski definition) is 3. The van der Waals surface area contributed by atoms with Gasteiger partial charge in [0.25, 0.3) is 0 Å². The van der Waals surface area contributed by atoms with Crippen LogP contribution in [0.15, 0.2) is 12.3 Å². The highest BCUT2D eigenvalue weighted by molar-refractivity contribution is 5.27. The Balaban J connectivity index is 2.01. The summed E-state index contributed by atoms with van der Waals surface area (Å²) in [5, 5.41) is 2.99. The van der Waals surface area contributed by atoms with Crippen LogP contribution in [0.25, 0.3) is 0 Å². The zero-order valence-electron chi connectivity index (χ0n) is 10.2. The Morgan fingerprint density at radius 1 is 1.22 bits per heavy atom. The molecule has 0 atom stereocenters. The van der Waals surface area contributed by atoms with Crippen molar-refractivity contribution >= 4 is 5.95 Å². The number of hydrogen-bond donors (Lipinski definition) is 1. The van der Waals surface area contributed by atoms with E-state index in [2.05, 4.69) is 22.2 Å². The first kappa shape index (κ1) is 13.1. The zero-order chi connectivity index (χ0) is 13.2. The van der Waals surface area contributed by atoms with E-state index in [9.17, 15) is 13.2 Å². The molecule has 1 saturated carbocycles. The highest BCUT2D eigenvalue weighted by atomic mass is 19.4. The highest BCUT2D eigenvalue weighted by Crippen LogP contribution is 2.29. The van der Waals surface area contributed by atoms with Crippen molar-refractivity contribution in [2.75, 3.05) is 5.32 Å². The number of anilines is 1. The van der Waals surface area contributed by atoms with E-state index in [4.69, 9.17) is 0 Å². The van der Waals surface area contributed by atoms with Crippen LogP contribution >= 0.6 is 0 Å². The third-order valence-electron chi connectivity index (χ3n) is 3.30. The summed E-state index contributed by atoms with van der Waals surface area (Å²) >= 11 is 0. The Hall–Kier alpha value is -1.33. The predicted octanol–water partition coefficient (Wildman–Crippen LogP) is 3.49. The second-order valence-electron chi connectivity index (χ2n) is 4.86. The molecule has 0 aliphatic heterocycles. The molecule has 1 aromatic heterocycles. The molecule has 100 valence electrons. The largest absolute Gasteiger partial charge is 0.433 e. The number of nitrogens with one attached hydrogen (secondary N) is 1. The highest BCUT2D eigenvalue weighted by Gasteiger charge is 2.33. The van der Waals surface area contributed by atoms with Gasteiger partial charge in [0.1, 0.15) is 5.69 Å². The summed E-state index contributed by atoms with van der Waals surface area (Å²) < 4.78 is 37.4. The molecule has 0 spiro atoms. The van der Waals surface area contributed by atoms with Crippen molar-refractivity contribution in [3.8, 4) is 0 Å². The molecule has 1 fully saturated rings. The molecule has 0 unspecified atom stereocenters. The van der Waals surface area contributed by atoms with Crippen molar-refractivity contribution in [2.45, 2.75) is 44.8 Å². The first-order valence-electron chi connectivity index (χ1n) is 6.12. The van der Waals surface area contributed by atoms with Crippen LogP contribution in [0.2, 0.25) is 0 Å². The van der Waals surface area contributed by atoms with Crippen LogP contribution in [0.5, 0.6) is 0 Å². The van der Waals surface area contributed by atoms with Crippen LogP contribution in [-0.2, 0) is 6.18 Å². The normalized spacial score (nSPS) is 24.9. The predicted molar refractivity (Wildman–Crippen MR) is 62.1 cm³/mol. The number of aromatic nitrogens is 2. The van der Waals surface area contributed by atoms with E-state index >= 15 is 0 Å². The van der Waals surface area contributed by atoms with E-state index in [0.717, 1.165) is 37.9 Å². The van der Waals surface area contributed by atoms with Gasteiger partial charge in [0.15, 0.2) is 0 Å². The van der Waals surface area contributed by atoms with E-state index in [1.165, 1.54) is 0 Å². The van der Waals surface area contributed by atoms with Gasteiger partial charge in [0.05, 0.1) is 0 Å². The van der Waals surface area contributed by atoms with Crippen LogP contribution < -0.4 is 5.32 Å². The maximum absolute atomic E-state index is 12.5. The molecule has 0 radical (unpaired) electrons. The summed E-state index contributed by atoms with van der Waals surface area (Å²) in [5.41, 5.74) is -0.899. The first-order chi connectivity index (χ1) is 8.45. The van der Waals surface area contributed by atoms with Gasteiger partial charge in [-0.3, -0.25) is 0 Å². The van der Waals surface area contributed by atoms with Gasteiger partial charge in [0, 0.05) is 12.2 Å². The third-order valence-corrected chi connectivity index (χ3v) is 3.30. The minimum Gasteiger partial charge on any atom is -0.351 e. The van der Waals surface area contributed by atoms with Crippen LogP contribution in [0.4, 0.5) is 19.1 Å². The number of alkyl halides is 3. The Morgan fingerprint density at radius 2 is 1.89 bits per heavy atom. The maximum Gasteiger partial charge on any atom is 0.433 e. The summed E-state index contributed by atoms with van der Waals surface area (Å²) in [6.45, 7) is 2.19. The minimum atomic E-state index is -4.42. The van der Waals surface area contributed by atoms with Crippen LogP contribution in [0, 0.1) is 5.92 Å². The quantitative estimate of drug-likeness (QED) is 0.883. The lowest BCUT2D eigenvalue weighted by molar-refractivity contribution is -0.141. The monoisotopic (exact) mass is 259 g/mol. The van der Waals surface area contributed by atoms with Gasteiger partial charge in [-0.25, -0.2) is 9.97 Å². The van der Waals surface area contributed by atoms with E-state index in [0.29, 0.717) is 5.92 Å². The molecule has 0 aromatic carbocycles. The molecule has 0 bridgehead atoms. The molecule has 0 amide bonds. The molecule has 1 N–H and O–H groups in total. The molecule has 18 heavy (non-hydrogen) atoms. The number of halogens is 3. The standard InChI is InChI=1S/C12H16F3N3/c1-8-2-4-9(5-3-8)17-11-16-7-6-10(18-11)12(13,14)15/h6-9H,2-5H2,1H3,(H,16,17,18). The molecule has 1 heterocycles. The van der Waals surface area contributed by atoms with E-state index in [-0.39, 0.29) is 12.0 Å². The van der Waals surface area contributed by atoms with Gasteiger partial charge in [-0.15, -0.1) is 0 Å². The third kappa shape index (κ3) is 3.34. The topological polar surface area (TPSA) is 37.8 Å². The van der Waals surface area contributed by atoms with Gasteiger partial charge in [0.2, 0.25) is 5.95 Å². The lowest BCUT2D eigenvalue weighted by Gasteiger charge is -2.26. The first-order valence-corrected chi connectivity index (χ1v) is 6.12. The van der Waals surface area contributed by atoms with E-state index in [1.54, 1.807) is 0 Å². The second kappa shape index (κ2) is 5.12. The maximum atomic E-state index is 12.5.